The second kappa shape index (κ2) is 4.72. The molecular weight excluding hydrogens is 234 g/mol. The molecule has 92 valence electrons. The van der Waals surface area contributed by atoms with E-state index in [-0.39, 0.29) is 19.0 Å². The molecule has 2 heterocycles. The Balaban J connectivity index is 0.00000128. The van der Waals surface area contributed by atoms with Crippen molar-refractivity contribution in [2.45, 2.75) is 32.2 Å². The second-order valence-electron chi connectivity index (χ2n) is 4.23. The van der Waals surface area contributed by atoms with E-state index in [1.54, 1.807) is 4.57 Å². The third-order valence-corrected chi connectivity index (χ3v) is 3.08. The van der Waals surface area contributed by atoms with Crippen LogP contribution in [0.15, 0.2) is 12.1 Å². The number of halogens is 3. The summed E-state index contributed by atoms with van der Waals surface area (Å²) in [4.78, 5) is 0. The molecule has 1 atom stereocenters. The van der Waals surface area contributed by atoms with E-state index in [0.29, 0.717) is 13.0 Å². The van der Waals surface area contributed by atoms with Crippen LogP contribution in [-0.4, -0.2) is 23.6 Å². The van der Waals surface area contributed by atoms with E-state index in [0.717, 1.165) is 11.4 Å². The molecule has 1 saturated heterocycles. The molecule has 0 saturated carbocycles. The molecule has 1 fully saturated rings. The first kappa shape index (κ1) is 13.5. The van der Waals surface area contributed by atoms with Crippen LogP contribution in [-0.2, 0) is 0 Å². The first-order chi connectivity index (χ1) is 7.02. The van der Waals surface area contributed by atoms with Crippen molar-refractivity contribution in [3.63, 3.8) is 0 Å². The quantitative estimate of drug-likeness (QED) is 0.811. The highest BCUT2D eigenvalue weighted by Crippen LogP contribution is 2.35. The fraction of sp³-hybridized carbons (Fsp3) is 0.636. The van der Waals surface area contributed by atoms with Crippen LogP contribution < -0.4 is 5.32 Å². The lowest BCUT2D eigenvalue weighted by Gasteiger charge is -2.34. The van der Waals surface area contributed by atoms with Gasteiger partial charge in [-0.05, 0) is 38.9 Å². The number of aromatic nitrogens is 1. The molecule has 2 rings (SSSR count). The Kier molecular flexibility index (Phi) is 3.97. The zero-order valence-corrected chi connectivity index (χ0v) is 10.3. The molecule has 1 aromatic heterocycles. The van der Waals surface area contributed by atoms with Crippen LogP contribution in [0.5, 0.6) is 0 Å². The van der Waals surface area contributed by atoms with E-state index >= 15 is 0 Å². The average Bonchev–Trinajstić information content (AvgIpc) is 2.47. The van der Waals surface area contributed by atoms with E-state index in [4.69, 9.17) is 0 Å². The summed E-state index contributed by atoms with van der Waals surface area (Å²) >= 11 is 0. The van der Waals surface area contributed by atoms with E-state index in [1.165, 1.54) is 0 Å². The number of nitrogens with one attached hydrogen (secondary N) is 1. The molecule has 0 bridgehead atoms. The third kappa shape index (κ3) is 2.23. The summed E-state index contributed by atoms with van der Waals surface area (Å²) in [5.41, 5.74) is 1.83. The molecule has 2 nitrogen and oxygen atoms in total. The van der Waals surface area contributed by atoms with Gasteiger partial charge in [0.2, 0.25) is 0 Å². The molecule has 0 aliphatic carbocycles. The van der Waals surface area contributed by atoms with E-state index < -0.39 is 12.0 Å². The summed E-state index contributed by atoms with van der Waals surface area (Å²) in [6, 6.07) is 3.11. The summed E-state index contributed by atoms with van der Waals surface area (Å²) in [6.45, 7) is 4.21. The smallest absolute Gasteiger partial charge is 0.280 e. The average molecular weight is 251 g/mol. The number of hydrogen-bond donors (Lipinski definition) is 1. The minimum Gasteiger partial charge on any atom is -0.340 e. The summed E-state index contributed by atoms with van der Waals surface area (Å²) in [5.74, 6) is -2.65. The molecule has 16 heavy (non-hydrogen) atoms. The van der Waals surface area contributed by atoms with Gasteiger partial charge in [0.15, 0.2) is 0 Å². The van der Waals surface area contributed by atoms with Gasteiger partial charge in [-0.15, -0.1) is 12.4 Å². The number of alkyl halides is 2. The second-order valence-corrected chi connectivity index (χ2v) is 4.23. The highest BCUT2D eigenvalue weighted by molar-refractivity contribution is 5.85. The normalized spacial score (nSPS) is 23.9. The number of aryl methyl sites for hydroxylation is 2. The van der Waals surface area contributed by atoms with Gasteiger partial charge in [0.25, 0.3) is 5.92 Å². The van der Waals surface area contributed by atoms with Crippen molar-refractivity contribution in [1.82, 2.24) is 9.88 Å². The molecule has 1 unspecified atom stereocenters. The minimum absolute atomic E-state index is 0. The van der Waals surface area contributed by atoms with Crippen LogP contribution in [0.2, 0.25) is 0 Å². The Labute approximate surface area is 100 Å². The molecule has 0 radical (unpaired) electrons. The molecule has 5 heteroatoms. The molecule has 1 aliphatic heterocycles. The maximum absolute atomic E-state index is 13.7. The van der Waals surface area contributed by atoms with Gasteiger partial charge in [-0.2, -0.15) is 0 Å². The summed E-state index contributed by atoms with van der Waals surface area (Å²) in [6.07, 6.45) is 0.489. The minimum atomic E-state index is -2.65. The molecular formula is C11H17ClF2N2. The standard InChI is InChI=1S/C11H16F2N2.ClH/c1-8-3-4-9(2)15(8)10-5-6-14-7-11(10,12)13;/h3-4,10,14H,5-7H2,1-2H3;1H. The van der Waals surface area contributed by atoms with Crippen LogP contribution in [0.25, 0.3) is 0 Å². The van der Waals surface area contributed by atoms with Gasteiger partial charge in [0.05, 0.1) is 12.6 Å². The summed E-state index contributed by atoms with van der Waals surface area (Å²) in [7, 11) is 0. The lowest BCUT2D eigenvalue weighted by molar-refractivity contribution is -0.0668. The predicted octanol–water partition coefficient (Wildman–Crippen LogP) is 2.70. The first-order valence-corrected chi connectivity index (χ1v) is 5.25. The zero-order valence-electron chi connectivity index (χ0n) is 9.46. The van der Waals surface area contributed by atoms with E-state index in [2.05, 4.69) is 5.32 Å². The molecule has 0 aromatic carbocycles. The summed E-state index contributed by atoms with van der Waals surface area (Å²) in [5, 5.41) is 2.74. The summed E-state index contributed by atoms with van der Waals surface area (Å²) < 4.78 is 29.2. The predicted molar refractivity (Wildman–Crippen MR) is 62.6 cm³/mol. The SMILES string of the molecule is Cc1ccc(C)n1C1CCNCC1(F)F.Cl. The molecule has 0 amide bonds. The zero-order chi connectivity index (χ0) is 11.1. The van der Waals surface area contributed by atoms with Crippen LogP contribution >= 0.6 is 12.4 Å². The fourth-order valence-corrected chi connectivity index (χ4v) is 2.31. The fourth-order valence-electron chi connectivity index (χ4n) is 2.31. The van der Waals surface area contributed by atoms with Gasteiger partial charge >= 0.3 is 0 Å². The lowest BCUT2D eigenvalue weighted by Crippen LogP contribution is -2.47. The van der Waals surface area contributed by atoms with E-state index in [9.17, 15) is 8.78 Å². The third-order valence-electron chi connectivity index (χ3n) is 3.08. The van der Waals surface area contributed by atoms with E-state index in [1.807, 2.05) is 26.0 Å². The highest BCUT2D eigenvalue weighted by atomic mass is 35.5. The number of hydrogen-bond acceptors (Lipinski definition) is 1. The van der Waals surface area contributed by atoms with Crippen molar-refractivity contribution in [2.24, 2.45) is 0 Å². The van der Waals surface area contributed by atoms with Gasteiger partial charge < -0.3 is 9.88 Å². The Morgan fingerprint density at radius 3 is 2.38 bits per heavy atom. The monoisotopic (exact) mass is 250 g/mol. The first-order valence-electron chi connectivity index (χ1n) is 5.25. The number of nitrogens with zero attached hydrogens (tertiary/aromatic N) is 1. The molecule has 1 aliphatic rings. The van der Waals surface area contributed by atoms with Gasteiger partial charge in [-0.3, -0.25) is 0 Å². The van der Waals surface area contributed by atoms with Gasteiger partial charge in [0.1, 0.15) is 0 Å². The maximum Gasteiger partial charge on any atom is 0.280 e. The topological polar surface area (TPSA) is 17.0 Å². The van der Waals surface area contributed by atoms with Crippen molar-refractivity contribution < 1.29 is 8.78 Å². The van der Waals surface area contributed by atoms with Crippen LogP contribution in [0.4, 0.5) is 8.78 Å². The largest absolute Gasteiger partial charge is 0.340 e. The maximum atomic E-state index is 13.7. The van der Waals surface area contributed by atoms with Crippen LogP contribution in [0.3, 0.4) is 0 Å². The van der Waals surface area contributed by atoms with Crippen molar-refractivity contribution in [3.8, 4) is 0 Å². The highest BCUT2D eigenvalue weighted by Gasteiger charge is 2.43. The van der Waals surface area contributed by atoms with Crippen molar-refractivity contribution in [2.75, 3.05) is 13.1 Å². The van der Waals surface area contributed by atoms with Gasteiger partial charge in [0, 0.05) is 11.4 Å². The molecule has 0 spiro atoms. The Morgan fingerprint density at radius 1 is 1.31 bits per heavy atom. The molecule has 1 N–H and O–H groups in total. The van der Waals surface area contributed by atoms with Crippen LogP contribution in [0.1, 0.15) is 23.9 Å². The van der Waals surface area contributed by atoms with Gasteiger partial charge in [-0.25, -0.2) is 8.78 Å². The number of rotatable bonds is 1. The number of piperidine rings is 1. The van der Waals surface area contributed by atoms with Crippen molar-refractivity contribution >= 4 is 12.4 Å². The Morgan fingerprint density at radius 2 is 1.88 bits per heavy atom. The van der Waals surface area contributed by atoms with Gasteiger partial charge in [-0.1, -0.05) is 0 Å². The van der Waals surface area contributed by atoms with Crippen molar-refractivity contribution in [1.29, 1.82) is 0 Å². The Bertz CT molecular complexity index is 343. The Hall–Kier alpha value is -0.610. The lowest BCUT2D eigenvalue weighted by atomic mass is 10.0. The van der Waals surface area contributed by atoms with Crippen LogP contribution in [0, 0.1) is 13.8 Å². The molecule has 1 aromatic rings. The van der Waals surface area contributed by atoms with Crippen molar-refractivity contribution in [3.05, 3.63) is 23.5 Å².